The van der Waals surface area contributed by atoms with Gasteiger partial charge in [0.05, 0.1) is 31.9 Å². The van der Waals surface area contributed by atoms with Crippen LogP contribution in [-0.2, 0) is 20.7 Å². The van der Waals surface area contributed by atoms with Crippen molar-refractivity contribution in [3.8, 4) is 0 Å². The zero-order valence-electron chi connectivity index (χ0n) is 10.1. The van der Waals surface area contributed by atoms with Crippen molar-refractivity contribution in [3.63, 3.8) is 0 Å². The zero-order chi connectivity index (χ0) is 12.8. The van der Waals surface area contributed by atoms with Gasteiger partial charge in [0.2, 0.25) is 0 Å². The second-order valence-electron chi connectivity index (χ2n) is 3.51. The highest BCUT2D eigenvalue weighted by Gasteiger charge is 2.14. The van der Waals surface area contributed by atoms with Gasteiger partial charge in [0.15, 0.2) is 0 Å². The topological polar surface area (TPSA) is 65.5 Å². The third-order valence-corrected chi connectivity index (χ3v) is 2.31. The maximum absolute atomic E-state index is 11.5. The summed E-state index contributed by atoms with van der Waals surface area (Å²) in [5, 5.41) is 0. The molecule has 0 amide bonds. The van der Waals surface area contributed by atoms with E-state index >= 15 is 0 Å². The van der Waals surface area contributed by atoms with Gasteiger partial charge in [-0.05, 0) is 19.1 Å². The van der Waals surface area contributed by atoms with Crippen LogP contribution in [0.1, 0.15) is 28.2 Å². The first-order valence-corrected chi connectivity index (χ1v) is 5.20. The van der Waals surface area contributed by atoms with Gasteiger partial charge in [0, 0.05) is 12.1 Å². The predicted molar refractivity (Wildman–Crippen MR) is 60.7 cm³/mol. The van der Waals surface area contributed by atoms with E-state index < -0.39 is 5.97 Å². The molecule has 0 atom stereocenters. The van der Waals surface area contributed by atoms with E-state index in [9.17, 15) is 9.59 Å². The number of pyridine rings is 1. The Morgan fingerprint density at radius 2 is 1.94 bits per heavy atom. The van der Waals surface area contributed by atoms with Gasteiger partial charge >= 0.3 is 11.9 Å². The van der Waals surface area contributed by atoms with E-state index in [0.717, 1.165) is 5.69 Å². The molecule has 92 valence electrons. The number of carbonyl (C=O) groups is 2. The number of rotatable bonds is 4. The Morgan fingerprint density at radius 3 is 2.53 bits per heavy atom. The zero-order valence-corrected chi connectivity index (χ0v) is 10.1. The Hall–Kier alpha value is -1.91. The number of carbonyl (C=O) groups excluding carboxylic acids is 2. The lowest BCUT2D eigenvalue weighted by Crippen LogP contribution is -2.10. The summed E-state index contributed by atoms with van der Waals surface area (Å²) < 4.78 is 9.20. The fourth-order valence-corrected chi connectivity index (χ4v) is 1.42. The molecule has 1 heterocycles. The van der Waals surface area contributed by atoms with E-state index in [0.29, 0.717) is 17.7 Å². The van der Waals surface area contributed by atoms with Crippen LogP contribution < -0.4 is 0 Å². The summed E-state index contributed by atoms with van der Waals surface area (Å²) in [7, 11) is 2.64. The summed E-state index contributed by atoms with van der Waals surface area (Å²) in [4.78, 5) is 26.8. The first-order chi connectivity index (χ1) is 8.08. The molecule has 5 heteroatoms. The maximum Gasteiger partial charge on any atom is 0.339 e. The summed E-state index contributed by atoms with van der Waals surface area (Å²) in [6.07, 6.45) is 0.551. The van der Waals surface area contributed by atoms with Crippen molar-refractivity contribution in [2.24, 2.45) is 0 Å². The molecule has 0 unspecified atom stereocenters. The molecule has 0 saturated heterocycles. The minimum atomic E-state index is -0.447. The number of methoxy groups -OCH3 is 2. The summed E-state index contributed by atoms with van der Waals surface area (Å²) in [6, 6.07) is 3.38. The molecule has 0 saturated carbocycles. The maximum atomic E-state index is 11.5. The molecule has 0 aromatic carbocycles. The molecule has 0 aliphatic rings. The molecule has 5 nitrogen and oxygen atoms in total. The first kappa shape index (κ1) is 13.2. The third-order valence-electron chi connectivity index (χ3n) is 2.31. The predicted octanol–water partition coefficient (Wildman–Crippen LogP) is 1.28. The molecule has 0 aliphatic heterocycles. The number of nitrogens with zero attached hydrogens (tertiary/aromatic N) is 1. The standard InChI is InChI=1S/C12H15NO4/c1-8-4-5-9(12(15)17-3)10(13-8)6-7-11(14)16-2/h4-5H,6-7H2,1-3H3. The molecule has 0 aliphatic carbocycles. The van der Waals surface area contributed by atoms with Crippen molar-refractivity contribution in [1.29, 1.82) is 0 Å². The van der Waals surface area contributed by atoms with Crippen LogP contribution in [-0.4, -0.2) is 31.1 Å². The second kappa shape index (κ2) is 5.98. The smallest absolute Gasteiger partial charge is 0.339 e. The third kappa shape index (κ3) is 3.55. The summed E-state index contributed by atoms with van der Waals surface area (Å²) in [5.41, 5.74) is 1.74. The van der Waals surface area contributed by atoms with Crippen molar-refractivity contribution >= 4 is 11.9 Å². The molecular formula is C12H15NO4. The van der Waals surface area contributed by atoms with Gasteiger partial charge in [0.25, 0.3) is 0 Å². The summed E-state index contributed by atoms with van der Waals surface area (Å²) in [5.74, 6) is -0.776. The van der Waals surface area contributed by atoms with E-state index in [4.69, 9.17) is 0 Å². The van der Waals surface area contributed by atoms with E-state index in [1.807, 2.05) is 6.92 Å². The minimum Gasteiger partial charge on any atom is -0.469 e. The van der Waals surface area contributed by atoms with Crippen molar-refractivity contribution in [3.05, 3.63) is 29.1 Å². The van der Waals surface area contributed by atoms with Crippen molar-refractivity contribution < 1.29 is 19.1 Å². The van der Waals surface area contributed by atoms with Gasteiger partial charge in [0.1, 0.15) is 0 Å². The molecule has 0 fully saturated rings. The molecule has 1 aromatic heterocycles. The highest BCUT2D eigenvalue weighted by molar-refractivity contribution is 5.90. The minimum absolute atomic E-state index is 0.191. The van der Waals surface area contributed by atoms with Crippen molar-refractivity contribution in [2.45, 2.75) is 19.8 Å². The van der Waals surface area contributed by atoms with Gasteiger partial charge in [-0.1, -0.05) is 0 Å². The number of hydrogen-bond acceptors (Lipinski definition) is 5. The van der Waals surface area contributed by atoms with E-state index in [1.165, 1.54) is 14.2 Å². The lowest BCUT2D eigenvalue weighted by molar-refractivity contribution is -0.140. The highest BCUT2D eigenvalue weighted by atomic mass is 16.5. The van der Waals surface area contributed by atoms with E-state index in [-0.39, 0.29) is 12.4 Å². The lowest BCUT2D eigenvalue weighted by atomic mass is 10.1. The lowest BCUT2D eigenvalue weighted by Gasteiger charge is -2.07. The number of esters is 2. The Labute approximate surface area is 99.8 Å². The van der Waals surface area contributed by atoms with Gasteiger partial charge in [-0.15, -0.1) is 0 Å². The highest BCUT2D eigenvalue weighted by Crippen LogP contribution is 2.11. The van der Waals surface area contributed by atoms with Gasteiger partial charge in [-0.2, -0.15) is 0 Å². The molecule has 0 N–H and O–H groups in total. The Balaban J connectivity index is 2.91. The van der Waals surface area contributed by atoms with E-state index in [2.05, 4.69) is 14.5 Å². The monoisotopic (exact) mass is 237 g/mol. The molecule has 0 radical (unpaired) electrons. The molecule has 17 heavy (non-hydrogen) atoms. The van der Waals surface area contributed by atoms with Crippen LogP contribution in [0.3, 0.4) is 0 Å². The SMILES string of the molecule is COC(=O)CCc1nc(C)ccc1C(=O)OC. The first-order valence-electron chi connectivity index (χ1n) is 5.20. The largest absolute Gasteiger partial charge is 0.469 e. The molecule has 1 aromatic rings. The number of aromatic nitrogens is 1. The second-order valence-corrected chi connectivity index (χ2v) is 3.51. The van der Waals surface area contributed by atoms with Gasteiger partial charge in [-0.3, -0.25) is 9.78 Å². The molecule has 0 bridgehead atoms. The number of hydrogen-bond donors (Lipinski definition) is 0. The van der Waals surface area contributed by atoms with Crippen LogP contribution in [0, 0.1) is 6.92 Å². The Kier molecular flexibility index (Phi) is 4.63. The van der Waals surface area contributed by atoms with Crippen LogP contribution >= 0.6 is 0 Å². The number of aryl methyl sites for hydroxylation is 2. The van der Waals surface area contributed by atoms with Crippen LogP contribution in [0.25, 0.3) is 0 Å². The summed E-state index contributed by atoms with van der Waals surface area (Å²) >= 11 is 0. The quantitative estimate of drug-likeness (QED) is 0.738. The van der Waals surface area contributed by atoms with Crippen molar-refractivity contribution in [1.82, 2.24) is 4.98 Å². The van der Waals surface area contributed by atoms with Crippen LogP contribution in [0.5, 0.6) is 0 Å². The van der Waals surface area contributed by atoms with E-state index in [1.54, 1.807) is 12.1 Å². The van der Waals surface area contributed by atoms with Crippen molar-refractivity contribution in [2.75, 3.05) is 14.2 Å². The van der Waals surface area contributed by atoms with Gasteiger partial charge < -0.3 is 9.47 Å². The fourth-order valence-electron chi connectivity index (χ4n) is 1.42. The average Bonchev–Trinajstić information content (AvgIpc) is 2.35. The fraction of sp³-hybridized carbons (Fsp3) is 0.417. The van der Waals surface area contributed by atoms with Crippen LogP contribution in [0.2, 0.25) is 0 Å². The molecular weight excluding hydrogens is 222 g/mol. The van der Waals surface area contributed by atoms with Gasteiger partial charge in [-0.25, -0.2) is 4.79 Å². The normalized spacial score (nSPS) is 9.82. The van der Waals surface area contributed by atoms with Crippen LogP contribution in [0.4, 0.5) is 0 Å². The number of ether oxygens (including phenoxy) is 2. The Bertz CT molecular complexity index is 429. The van der Waals surface area contributed by atoms with Crippen LogP contribution in [0.15, 0.2) is 12.1 Å². The summed E-state index contributed by atoms with van der Waals surface area (Å²) in [6.45, 7) is 1.82. The molecule has 1 rings (SSSR count). The average molecular weight is 237 g/mol. The Morgan fingerprint density at radius 1 is 1.24 bits per heavy atom. The molecule has 0 spiro atoms.